The van der Waals surface area contributed by atoms with Gasteiger partial charge < -0.3 is 10.6 Å². The minimum absolute atomic E-state index is 0.120. The molecule has 0 aliphatic heterocycles. The zero-order chi connectivity index (χ0) is 23.8. The molecule has 0 saturated heterocycles. The molecule has 0 spiro atoms. The van der Waals surface area contributed by atoms with Crippen molar-refractivity contribution in [2.45, 2.75) is 51.6 Å². The third-order valence-corrected chi connectivity index (χ3v) is 9.06. The molecule has 2 amide bonds. The normalized spacial score (nSPS) is 26.5. The van der Waals surface area contributed by atoms with Crippen molar-refractivity contribution in [3.63, 3.8) is 0 Å². The standard InChI is InChI=1S/C29H31N3O2S/c33-27(30-17-26-32-25(18-35-26)23-4-2-1-3-5-23)24-8-6-19(7-9-24)16-31-28(34)29-13-20-10-21(14-29)12-22(11-20)15-29/h1-9,18,20-22H,10-17H2,(H,30,33)(H,31,34). The summed E-state index contributed by atoms with van der Waals surface area (Å²) in [7, 11) is 0. The highest BCUT2D eigenvalue weighted by atomic mass is 32.1. The van der Waals surface area contributed by atoms with E-state index in [2.05, 4.69) is 15.6 Å². The molecular weight excluding hydrogens is 454 g/mol. The number of aromatic nitrogens is 1. The lowest BCUT2D eigenvalue weighted by molar-refractivity contribution is -0.146. The van der Waals surface area contributed by atoms with Gasteiger partial charge in [-0.15, -0.1) is 11.3 Å². The molecule has 0 radical (unpaired) electrons. The Labute approximate surface area is 210 Å². The number of carbonyl (C=O) groups is 2. The quantitative estimate of drug-likeness (QED) is 0.459. The lowest BCUT2D eigenvalue weighted by atomic mass is 9.49. The summed E-state index contributed by atoms with van der Waals surface area (Å²) in [6.07, 6.45) is 7.26. The fraction of sp³-hybridized carbons (Fsp3) is 0.414. The molecule has 4 aliphatic rings. The molecule has 2 N–H and O–H groups in total. The third-order valence-electron chi connectivity index (χ3n) is 8.21. The average Bonchev–Trinajstić information content (AvgIpc) is 3.35. The molecule has 2 aromatic carbocycles. The second-order valence-corrected chi connectivity index (χ2v) is 11.7. The molecule has 1 aromatic heterocycles. The first-order valence-electron chi connectivity index (χ1n) is 12.7. The van der Waals surface area contributed by atoms with Gasteiger partial charge in [0.05, 0.1) is 12.2 Å². The van der Waals surface area contributed by atoms with Gasteiger partial charge in [0.15, 0.2) is 0 Å². The summed E-state index contributed by atoms with van der Waals surface area (Å²) in [5.41, 5.74) is 3.52. The highest BCUT2D eigenvalue weighted by Crippen LogP contribution is 2.60. The fourth-order valence-electron chi connectivity index (χ4n) is 6.92. The van der Waals surface area contributed by atoms with Crippen LogP contribution in [0.25, 0.3) is 11.3 Å². The maximum Gasteiger partial charge on any atom is 0.251 e. The summed E-state index contributed by atoms with van der Waals surface area (Å²) in [5.74, 6) is 2.42. The van der Waals surface area contributed by atoms with E-state index in [9.17, 15) is 9.59 Å². The molecule has 4 fully saturated rings. The van der Waals surface area contributed by atoms with Crippen LogP contribution in [0.15, 0.2) is 60.0 Å². The number of hydrogen-bond acceptors (Lipinski definition) is 4. The van der Waals surface area contributed by atoms with Crippen molar-refractivity contribution in [1.29, 1.82) is 0 Å². The minimum atomic E-state index is -0.120. The van der Waals surface area contributed by atoms with Gasteiger partial charge in [-0.2, -0.15) is 0 Å². The van der Waals surface area contributed by atoms with Crippen molar-refractivity contribution < 1.29 is 9.59 Å². The van der Waals surface area contributed by atoms with Crippen LogP contribution >= 0.6 is 11.3 Å². The van der Waals surface area contributed by atoms with Gasteiger partial charge in [-0.3, -0.25) is 9.59 Å². The van der Waals surface area contributed by atoms with E-state index in [0.717, 1.165) is 58.8 Å². The Kier molecular flexibility index (Phi) is 5.93. The second kappa shape index (κ2) is 9.23. The number of hydrogen-bond donors (Lipinski definition) is 2. The van der Waals surface area contributed by atoms with Gasteiger partial charge >= 0.3 is 0 Å². The molecular formula is C29H31N3O2S. The zero-order valence-electron chi connectivity index (χ0n) is 19.8. The van der Waals surface area contributed by atoms with Crippen molar-refractivity contribution in [1.82, 2.24) is 15.6 Å². The van der Waals surface area contributed by atoms with E-state index in [1.165, 1.54) is 19.3 Å². The maximum absolute atomic E-state index is 13.2. The molecule has 1 heterocycles. The van der Waals surface area contributed by atoms with Gasteiger partial charge in [-0.1, -0.05) is 42.5 Å². The Morgan fingerprint density at radius 3 is 2.17 bits per heavy atom. The van der Waals surface area contributed by atoms with Crippen molar-refractivity contribution in [3.05, 3.63) is 76.1 Å². The van der Waals surface area contributed by atoms with E-state index in [1.807, 2.05) is 60.0 Å². The van der Waals surface area contributed by atoms with Crippen LogP contribution in [0.4, 0.5) is 0 Å². The third kappa shape index (κ3) is 4.64. The summed E-state index contributed by atoms with van der Waals surface area (Å²) in [6.45, 7) is 0.920. The Morgan fingerprint density at radius 2 is 1.51 bits per heavy atom. The number of nitrogens with one attached hydrogen (secondary N) is 2. The monoisotopic (exact) mass is 485 g/mol. The Balaban J connectivity index is 1.01. The van der Waals surface area contributed by atoms with E-state index in [4.69, 9.17) is 0 Å². The van der Waals surface area contributed by atoms with Crippen LogP contribution in [0.3, 0.4) is 0 Å². The highest BCUT2D eigenvalue weighted by molar-refractivity contribution is 7.09. The number of thiazole rings is 1. The minimum Gasteiger partial charge on any atom is -0.352 e. The predicted molar refractivity (Wildman–Crippen MR) is 138 cm³/mol. The molecule has 3 aromatic rings. The maximum atomic E-state index is 13.2. The van der Waals surface area contributed by atoms with Gasteiger partial charge in [0.1, 0.15) is 5.01 Å². The summed E-state index contributed by atoms with van der Waals surface area (Å²) < 4.78 is 0. The van der Waals surface area contributed by atoms with Crippen molar-refractivity contribution in [3.8, 4) is 11.3 Å². The first kappa shape index (κ1) is 22.5. The van der Waals surface area contributed by atoms with Crippen molar-refractivity contribution in [2.75, 3.05) is 0 Å². The number of rotatable bonds is 7. The van der Waals surface area contributed by atoms with Gasteiger partial charge in [0.2, 0.25) is 5.91 Å². The molecule has 4 saturated carbocycles. The van der Waals surface area contributed by atoms with Gasteiger partial charge in [0.25, 0.3) is 5.91 Å². The van der Waals surface area contributed by atoms with Crippen LogP contribution in [0.2, 0.25) is 0 Å². The lowest BCUT2D eigenvalue weighted by Crippen LogP contribution is -2.53. The van der Waals surface area contributed by atoms with E-state index in [1.54, 1.807) is 11.3 Å². The highest BCUT2D eigenvalue weighted by Gasteiger charge is 2.54. The van der Waals surface area contributed by atoms with Crippen LogP contribution < -0.4 is 10.6 Å². The summed E-state index contributed by atoms with van der Waals surface area (Å²) in [5, 5.41) is 9.08. The number of amides is 2. The van der Waals surface area contributed by atoms with Crippen molar-refractivity contribution >= 4 is 23.2 Å². The fourth-order valence-corrected chi connectivity index (χ4v) is 7.67. The van der Waals surface area contributed by atoms with Gasteiger partial charge in [-0.25, -0.2) is 4.98 Å². The molecule has 7 rings (SSSR count). The number of carbonyl (C=O) groups excluding carboxylic acids is 2. The molecule has 0 atom stereocenters. The van der Waals surface area contributed by atoms with E-state index >= 15 is 0 Å². The molecule has 180 valence electrons. The van der Waals surface area contributed by atoms with Crippen molar-refractivity contribution in [2.24, 2.45) is 23.2 Å². The predicted octanol–water partition coefficient (Wildman–Crippen LogP) is 5.57. The Bertz CT molecular complexity index is 1180. The van der Waals surface area contributed by atoms with E-state index < -0.39 is 0 Å². The van der Waals surface area contributed by atoms with Crippen LogP contribution in [0.5, 0.6) is 0 Å². The van der Waals surface area contributed by atoms with Crippen LogP contribution in [0.1, 0.15) is 59.5 Å². The first-order valence-corrected chi connectivity index (χ1v) is 13.6. The molecule has 6 heteroatoms. The first-order chi connectivity index (χ1) is 17.1. The Hall–Kier alpha value is -2.99. The van der Waals surface area contributed by atoms with Crippen LogP contribution in [-0.2, 0) is 17.9 Å². The summed E-state index contributed by atoms with van der Waals surface area (Å²) in [6, 6.07) is 17.6. The molecule has 35 heavy (non-hydrogen) atoms. The smallest absolute Gasteiger partial charge is 0.251 e. The molecule has 4 aliphatic carbocycles. The zero-order valence-corrected chi connectivity index (χ0v) is 20.7. The summed E-state index contributed by atoms with van der Waals surface area (Å²) in [4.78, 5) is 30.4. The van der Waals surface area contributed by atoms with Crippen LogP contribution in [-0.4, -0.2) is 16.8 Å². The lowest BCUT2D eigenvalue weighted by Gasteiger charge is -2.55. The number of nitrogens with zero attached hydrogens (tertiary/aromatic N) is 1. The molecule has 4 bridgehead atoms. The van der Waals surface area contributed by atoms with Crippen LogP contribution in [0, 0.1) is 23.2 Å². The second-order valence-electron chi connectivity index (χ2n) is 10.8. The molecule has 5 nitrogen and oxygen atoms in total. The largest absolute Gasteiger partial charge is 0.352 e. The van der Waals surface area contributed by atoms with Gasteiger partial charge in [-0.05, 0) is 74.0 Å². The SMILES string of the molecule is O=C(NCc1nc(-c2ccccc2)cs1)c1ccc(CNC(=O)C23CC4CC(CC(C4)C2)C3)cc1. The Morgan fingerprint density at radius 1 is 0.857 bits per heavy atom. The average molecular weight is 486 g/mol. The topological polar surface area (TPSA) is 71.1 Å². The van der Waals surface area contributed by atoms with E-state index in [-0.39, 0.29) is 17.2 Å². The number of benzene rings is 2. The van der Waals surface area contributed by atoms with E-state index in [0.29, 0.717) is 18.7 Å². The summed E-state index contributed by atoms with van der Waals surface area (Å²) >= 11 is 1.55. The van der Waals surface area contributed by atoms with Gasteiger partial charge in [0, 0.05) is 28.5 Å². The molecule has 0 unspecified atom stereocenters.